The molecule has 6 heteroatoms. The third kappa shape index (κ3) is 4.48. The van der Waals surface area contributed by atoms with Crippen molar-refractivity contribution in [3.8, 4) is 0 Å². The summed E-state index contributed by atoms with van der Waals surface area (Å²) in [7, 11) is 2.24. The first-order chi connectivity index (χ1) is 11.7. The summed E-state index contributed by atoms with van der Waals surface area (Å²) in [5.41, 5.74) is 0. The molecule has 4 aliphatic rings. The van der Waals surface area contributed by atoms with Crippen molar-refractivity contribution in [2.45, 2.75) is 0 Å². The Morgan fingerprint density at radius 3 is 1.79 bits per heavy atom. The number of hydrogen-bond donors (Lipinski definition) is 1. The van der Waals surface area contributed by atoms with E-state index in [9.17, 15) is 0 Å². The number of nitrogens with one attached hydrogen (secondary N) is 1. The van der Waals surface area contributed by atoms with Gasteiger partial charge in [0.1, 0.15) is 0 Å². The Labute approximate surface area is 147 Å². The number of hydrogen-bond acceptors (Lipinski definition) is 6. The molecule has 0 aliphatic carbocycles. The fourth-order valence-corrected chi connectivity index (χ4v) is 4.54. The van der Waals surface area contributed by atoms with E-state index < -0.39 is 0 Å². The van der Waals surface area contributed by atoms with Gasteiger partial charge in [-0.15, -0.1) is 0 Å². The van der Waals surface area contributed by atoms with E-state index in [0.29, 0.717) is 0 Å². The fraction of sp³-hybridized carbons (Fsp3) is 1.00. The van der Waals surface area contributed by atoms with Crippen molar-refractivity contribution in [1.82, 2.24) is 29.8 Å². The third-order valence-corrected chi connectivity index (χ3v) is 6.39. The molecule has 24 heavy (non-hydrogen) atoms. The third-order valence-electron chi connectivity index (χ3n) is 6.39. The van der Waals surface area contributed by atoms with Crippen LogP contribution in [-0.2, 0) is 0 Å². The van der Waals surface area contributed by atoms with Gasteiger partial charge in [0.15, 0.2) is 0 Å². The molecule has 4 heterocycles. The lowest BCUT2D eigenvalue weighted by Crippen LogP contribution is -2.59. The van der Waals surface area contributed by atoms with Crippen LogP contribution in [0.5, 0.6) is 0 Å². The van der Waals surface area contributed by atoms with E-state index >= 15 is 0 Å². The normalized spacial score (nSPS) is 30.4. The van der Waals surface area contributed by atoms with Crippen LogP contribution in [-0.4, -0.2) is 130 Å². The van der Waals surface area contributed by atoms with Crippen LogP contribution in [0.2, 0.25) is 0 Å². The summed E-state index contributed by atoms with van der Waals surface area (Å²) in [6.45, 7) is 19.1. The van der Waals surface area contributed by atoms with Crippen molar-refractivity contribution in [1.29, 1.82) is 0 Å². The predicted octanol–water partition coefficient (Wildman–Crippen LogP) is -1.04. The maximum absolute atomic E-state index is 3.39. The van der Waals surface area contributed by atoms with E-state index in [2.05, 4.69) is 36.9 Å². The van der Waals surface area contributed by atoms with Crippen LogP contribution < -0.4 is 5.32 Å². The van der Waals surface area contributed by atoms with E-state index in [0.717, 1.165) is 11.8 Å². The van der Waals surface area contributed by atoms with Crippen LogP contribution in [0.15, 0.2) is 0 Å². The van der Waals surface area contributed by atoms with Crippen molar-refractivity contribution in [2.24, 2.45) is 11.8 Å². The quantitative estimate of drug-likeness (QED) is 0.666. The van der Waals surface area contributed by atoms with Crippen LogP contribution in [0, 0.1) is 11.8 Å². The summed E-state index contributed by atoms with van der Waals surface area (Å²) in [4.78, 5) is 13.1. The molecule has 0 bridgehead atoms. The van der Waals surface area contributed by atoms with Crippen LogP contribution in [0.4, 0.5) is 0 Å². The summed E-state index contributed by atoms with van der Waals surface area (Å²) >= 11 is 0. The Balaban J connectivity index is 1.07. The Hall–Kier alpha value is -0.240. The van der Waals surface area contributed by atoms with E-state index in [1.165, 1.54) is 98.3 Å². The lowest BCUT2D eigenvalue weighted by molar-refractivity contribution is -0.00525. The second-order valence-corrected chi connectivity index (χ2v) is 8.59. The van der Waals surface area contributed by atoms with Gasteiger partial charge >= 0.3 is 0 Å². The van der Waals surface area contributed by atoms with Crippen molar-refractivity contribution in [3.63, 3.8) is 0 Å². The number of likely N-dealkylation sites (N-methyl/N-ethyl adjacent to an activating group) is 1. The van der Waals surface area contributed by atoms with Crippen molar-refractivity contribution < 1.29 is 0 Å². The Morgan fingerprint density at radius 2 is 1.21 bits per heavy atom. The molecule has 6 nitrogen and oxygen atoms in total. The van der Waals surface area contributed by atoms with Crippen molar-refractivity contribution in [2.75, 3.05) is 105 Å². The van der Waals surface area contributed by atoms with E-state index in [1.807, 2.05) is 0 Å². The van der Waals surface area contributed by atoms with Gasteiger partial charge in [-0.2, -0.15) is 0 Å². The molecule has 4 rings (SSSR count). The second-order valence-electron chi connectivity index (χ2n) is 8.59. The number of nitrogens with zero attached hydrogens (tertiary/aromatic N) is 5. The zero-order valence-electron chi connectivity index (χ0n) is 15.5. The predicted molar refractivity (Wildman–Crippen MR) is 98.2 cm³/mol. The molecule has 4 saturated heterocycles. The van der Waals surface area contributed by atoms with Gasteiger partial charge in [0, 0.05) is 91.6 Å². The Kier molecular flexibility index (Phi) is 5.71. The van der Waals surface area contributed by atoms with E-state index in [-0.39, 0.29) is 0 Å². The minimum absolute atomic E-state index is 0.917. The summed E-state index contributed by atoms with van der Waals surface area (Å²) in [6, 6.07) is 0. The van der Waals surface area contributed by atoms with Gasteiger partial charge in [-0.3, -0.25) is 9.80 Å². The van der Waals surface area contributed by atoms with Gasteiger partial charge in [0.25, 0.3) is 0 Å². The zero-order valence-corrected chi connectivity index (χ0v) is 15.5. The SMILES string of the molecule is CN1CCN(CC2CN(CN3CCN(CC4CNC4)CC3)C2)CC1. The first-order valence-electron chi connectivity index (χ1n) is 10.0. The molecule has 0 unspecified atom stereocenters. The topological polar surface area (TPSA) is 28.2 Å². The average molecular weight is 337 g/mol. The van der Waals surface area contributed by atoms with Crippen LogP contribution in [0.1, 0.15) is 0 Å². The molecule has 138 valence electrons. The van der Waals surface area contributed by atoms with E-state index in [4.69, 9.17) is 0 Å². The minimum atomic E-state index is 0.917. The molecule has 4 aliphatic heterocycles. The number of likely N-dealkylation sites (tertiary alicyclic amines) is 1. The van der Waals surface area contributed by atoms with Crippen LogP contribution in [0.3, 0.4) is 0 Å². The minimum Gasteiger partial charge on any atom is -0.316 e. The molecular formula is C18H36N6. The van der Waals surface area contributed by atoms with Gasteiger partial charge < -0.3 is 20.0 Å². The largest absolute Gasteiger partial charge is 0.316 e. The summed E-state index contributed by atoms with van der Waals surface area (Å²) in [6.07, 6.45) is 0. The summed E-state index contributed by atoms with van der Waals surface area (Å²) < 4.78 is 0. The van der Waals surface area contributed by atoms with E-state index in [1.54, 1.807) is 0 Å². The lowest BCUT2D eigenvalue weighted by atomic mass is 9.99. The molecule has 1 N–H and O–H groups in total. The standard InChI is InChI=1S/C18H36N6/c1-20-2-4-21(5-3-20)13-18-14-24(15-18)16-23-8-6-22(7-9-23)12-17-10-19-11-17/h17-19H,2-16H2,1H3. The van der Waals surface area contributed by atoms with Gasteiger partial charge in [0.05, 0.1) is 6.67 Å². The van der Waals surface area contributed by atoms with Gasteiger partial charge in [-0.25, -0.2) is 0 Å². The first kappa shape index (κ1) is 17.2. The summed E-state index contributed by atoms with van der Waals surface area (Å²) in [5.74, 6) is 1.84. The highest BCUT2D eigenvalue weighted by Crippen LogP contribution is 2.19. The number of rotatable bonds is 6. The molecule has 0 aromatic carbocycles. The molecule has 0 saturated carbocycles. The molecule has 0 aromatic rings. The highest BCUT2D eigenvalue weighted by molar-refractivity contribution is 4.85. The molecule has 4 fully saturated rings. The highest BCUT2D eigenvalue weighted by atomic mass is 15.4. The Bertz CT molecular complexity index is 379. The second kappa shape index (κ2) is 7.98. The maximum atomic E-state index is 3.39. The van der Waals surface area contributed by atoms with Crippen LogP contribution in [0.25, 0.3) is 0 Å². The van der Waals surface area contributed by atoms with Crippen LogP contribution >= 0.6 is 0 Å². The molecule has 0 atom stereocenters. The maximum Gasteiger partial charge on any atom is 0.0507 e. The first-order valence-corrected chi connectivity index (χ1v) is 10.0. The van der Waals surface area contributed by atoms with Crippen molar-refractivity contribution in [3.05, 3.63) is 0 Å². The zero-order chi connectivity index (χ0) is 16.4. The highest BCUT2D eigenvalue weighted by Gasteiger charge is 2.31. The molecular weight excluding hydrogens is 300 g/mol. The average Bonchev–Trinajstić information content (AvgIpc) is 2.52. The Morgan fingerprint density at radius 1 is 0.667 bits per heavy atom. The lowest BCUT2D eigenvalue weighted by Gasteiger charge is -2.46. The smallest absolute Gasteiger partial charge is 0.0507 e. The molecule has 0 radical (unpaired) electrons. The monoisotopic (exact) mass is 336 g/mol. The van der Waals surface area contributed by atoms with Gasteiger partial charge in [-0.05, 0) is 18.9 Å². The van der Waals surface area contributed by atoms with Gasteiger partial charge in [-0.1, -0.05) is 0 Å². The molecule has 0 amide bonds. The van der Waals surface area contributed by atoms with Crippen molar-refractivity contribution >= 4 is 0 Å². The molecule has 0 aromatic heterocycles. The van der Waals surface area contributed by atoms with Gasteiger partial charge in [0.2, 0.25) is 0 Å². The number of piperazine rings is 2. The molecule has 0 spiro atoms. The summed E-state index contributed by atoms with van der Waals surface area (Å²) in [5, 5.41) is 3.39. The fourth-order valence-electron chi connectivity index (χ4n) is 4.54.